The Morgan fingerprint density at radius 2 is 1.88 bits per heavy atom. The number of hydrogen-bond acceptors (Lipinski definition) is 9. The van der Waals surface area contributed by atoms with Crippen LogP contribution in [-0.4, -0.2) is 60.2 Å². The van der Waals surface area contributed by atoms with Crippen molar-refractivity contribution in [2.24, 2.45) is 0 Å². The van der Waals surface area contributed by atoms with Crippen LogP contribution in [0.2, 0.25) is 0 Å². The highest BCUT2D eigenvalue weighted by molar-refractivity contribution is 5.72. The number of aromatic nitrogens is 4. The number of halogens is 3. The van der Waals surface area contributed by atoms with Gasteiger partial charge in [0.25, 0.3) is 0 Å². The van der Waals surface area contributed by atoms with E-state index in [9.17, 15) is 13.2 Å². The Bertz CT molecular complexity index is 1060. The molecule has 0 radical (unpaired) electrons. The van der Waals surface area contributed by atoms with Gasteiger partial charge in [-0.2, -0.15) is 13.8 Å². The molecule has 9 nitrogen and oxygen atoms in total. The van der Waals surface area contributed by atoms with Crippen LogP contribution in [0.3, 0.4) is 0 Å². The normalized spacial score (nSPS) is 13.8. The van der Waals surface area contributed by atoms with E-state index in [0.717, 1.165) is 6.20 Å². The lowest BCUT2D eigenvalue weighted by Gasteiger charge is -2.26. The maximum Gasteiger partial charge on any atom is 0.387 e. The Hall–Kier alpha value is -3.67. The highest BCUT2D eigenvalue weighted by Gasteiger charge is 2.18. The average molecular weight is 448 g/mol. The fourth-order valence-corrected chi connectivity index (χ4v) is 3.10. The average Bonchev–Trinajstić information content (AvgIpc) is 2.81. The summed E-state index contributed by atoms with van der Waals surface area (Å²) in [5, 5.41) is 10.8. The molecule has 0 amide bonds. The molecule has 1 aliphatic heterocycles. The Balaban J connectivity index is 1.60. The first kappa shape index (κ1) is 21.6. The Morgan fingerprint density at radius 1 is 1.12 bits per heavy atom. The van der Waals surface area contributed by atoms with Crippen LogP contribution in [0, 0.1) is 5.82 Å². The first-order chi connectivity index (χ1) is 15.5. The Labute approximate surface area is 181 Å². The van der Waals surface area contributed by atoms with Gasteiger partial charge in [-0.3, -0.25) is 0 Å². The van der Waals surface area contributed by atoms with Gasteiger partial charge in [-0.15, -0.1) is 10.2 Å². The molecule has 0 saturated carbocycles. The number of ether oxygens (including phenoxy) is 3. The smallest absolute Gasteiger partial charge is 0.387 e. The number of hydrogen-bond donors (Lipinski definition) is 1. The number of nitrogens with zero attached hydrogens (tertiary/aromatic N) is 5. The van der Waals surface area contributed by atoms with Crippen molar-refractivity contribution in [3.05, 3.63) is 42.3 Å². The monoisotopic (exact) mass is 448 g/mol. The van der Waals surface area contributed by atoms with Gasteiger partial charge in [0.2, 0.25) is 11.8 Å². The Morgan fingerprint density at radius 3 is 2.56 bits per heavy atom. The fourth-order valence-electron chi connectivity index (χ4n) is 3.10. The molecule has 0 aliphatic carbocycles. The van der Waals surface area contributed by atoms with E-state index in [4.69, 9.17) is 9.47 Å². The molecular formula is C20H19F3N6O3. The van der Waals surface area contributed by atoms with Crippen molar-refractivity contribution in [2.45, 2.75) is 6.61 Å². The first-order valence-corrected chi connectivity index (χ1v) is 9.62. The van der Waals surface area contributed by atoms with E-state index in [1.54, 1.807) is 18.2 Å². The second-order valence-electron chi connectivity index (χ2n) is 6.65. The van der Waals surface area contributed by atoms with Crippen molar-refractivity contribution in [2.75, 3.05) is 43.6 Å². The van der Waals surface area contributed by atoms with Crippen LogP contribution in [-0.2, 0) is 4.74 Å². The largest absolute Gasteiger partial charge is 0.479 e. The molecule has 1 N–H and O–H groups in total. The fraction of sp³-hybridized carbons (Fsp3) is 0.300. The topological polar surface area (TPSA) is 94.5 Å². The van der Waals surface area contributed by atoms with Crippen molar-refractivity contribution in [1.29, 1.82) is 0 Å². The number of anilines is 3. The minimum Gasteiger partial charge on any atom is -0.479 e. The molecule has 12 heteroatoms. The van der Waals surface area contributed by atoms with E-state index in [2.05, 4.69) is 30.2 Å². The summed E-state index contributed by atoms with van der Waals surface area (Å²) in [4.78, 5) is 10.2. The van der Waals surface area contributed by atoms with Crippen molar-refractivity contribution in [3.8, 4) is 22.8 Å². The minimum atomic E-state index is -2.92. The lowest BCUT2D eigenvalue weighted by atomic mass is 10.1. The lowest BCUT2D eigenvalue weighted by Crippen LogP contribution is -2.37. The molecular weight excluding hydrogens is 429 g/mol. The quantitative estimate of drug-likeness (QED) is 0.584. The molecule has 3 heterocycles. The molecule has 1 aromatic carbocycles. The van der Waals surface area contributed by atoms with Crippen LogP contribution < -0.4 is 19.7 Å². The summed E-state index contributed by atoms with van der Waals surface area (Å²) in [5.74, 6) is 0.0760. The molecule has 1 fully saturated rings. The van der Waals surface area contributed by atoms with E-state index in [1.807, 2.05) is 4.90 Å². The van der Waals surface area contributed by atoms with Crippen LogP contribution >= 0.6 is 0 Å². The van der Waals surface area contributed by atoms with Gasteiger partial charge in [-0.05, 0) is 23.8 Å². The molecule has 2 aromatic heterocycles. The second kappa shape index (κ2) is 9.64. The van der Waals surface area contributed by atoms with Crippen LogP contribution in [0.15, 0.2) is 36.5 Å². The molecule has 4 rings (SSSR count). The number of nitrogens with one attached hydrogen (secondary N) is 1. The summed E-state index contributed by atoms with van der Waals surface area (Å²) in [6.07, 6.45) is 1.08. The summed E-state index contributed by atoms with van der Waals surface area (Å²) in [6, 6.07) is 7.52. The SMILES string of the molecule is COc1nnc(Nc2nc(N3CCOCC3)ncc2F)cc1-c1ccc(OC(F)F)cc1. The molecule has 3 aromatic rings. The third kappa shape index (κ3) is 4.97. The lowest BCUT2D eigenvalue weighted by molar-refractivity contribution is -0.0498. The summed E-state index contributed by atoms with van der Waals surface area (Å²) in [6.45, 7) is -0.638. The minimum absolute atomic E-state index is 0.0155. The van der Waals surface area contributed by atoms with Crippen LogP contribution in [0.5, 0.6) is 11.6 Å². The van der Waals surface area contributed by atoms with E-state index in [1.165, 1.54) is 19.2 Å². The van der Waals surface area contributed by atoms with Crippen molar-refractivity contribution >= 4 is 17.6 Å². The van der Waals surface area contributed by atoms with Crippen molar-refractivity contribution in [1.82, 2.24) is 20.2 Å². The zero-order chi connectivity index (χ0) is 22.5. The van der Waals surface area contributed by atoms with Gasteiger partial charge in [0, 0.05) is 18.7 Å². The van der Waals surface area contributed by atoms with E-state index in [0.29, 0.717) is 43.4 Å². The van der Waals surface area contributed by atoms with Crippen molar-refractivity contribution in [3.63, 3.8) is 0 Å². The predicted molar refractivity (Wildman–Crippen MR) is 109 cm³/mol. The van der Waals surface area contributed by atoms with Gasteiger partial charge < -0.3 is 24.4 Å². The van der Waals surface area contributed by atoms with E-state index >= 15 is 0 Å². The maximum absolute atomic E-state index is 14.4. The molecule has 0 bridgehead atoms. The predicted octanol–water partition coefficient (Wildman–Crippen LogP) is 3.26. The first-order valence-electron chi connectivity index (χ1n) is 9.62. The van der Waals surface area contributed by atoms with Crippen LogP contribution in [0.25, 0.3) is 11.1 Å². The van der Waals surface area contributed by atoms with Gasteiger partial charge in [-0.1, -0.05) is 12.1 Å². The van der Waals surface area contributed by atoms with Gasteiger partial charge >= 0.3 is 6.61 Å². The van der Waals surface area contributed by atoms with Crippen LogP contribution in [0.4, 0.5) is 30.8 Å². The van der Waals surface area contributed by atoms with E-state index in [-0.39, 0.29) is 23.3 Å². The molecule has 0 unspecified atom stereocenters. The highest BCUT2D eigenvalue weighted by Crippen LogP contribution is 2.32. The number of alkyl halides is 2. The van der Waals surface area contributed by atoms with E-state index < -0.39 is 12.4 Å². The molecule has 1 aliphatic rings. The summed E-state index contributed by atoms with van der Waals surface area (Å²) >= 11 is 0. The summed E-state index contributed by atoms with van der Waals surface area (Å²) in [5.41, 5.74) is 1.12. The molecule has 32 heavy (non-hydrogen) atoms. The summed E-state index contributed by atoms with van der Waals surface area (Å²) < 4.78 is 54.1. The molecule has 0 spiro atoms. The van der Waals surface area contributed by atoms with Gasteiger partial charge in [0.05, 0.1) is 26.5 Å². The second-order valence-corrected chi connectivity index (χ2v) is 6.65. The van der Waals surface area contributed by atoms with Crippen LogP contribution in [0.1, 0.15) is 0 Å². The molecule has 1 saturated heterocycles. The third-order valence-electron chi connectivity index (χ3n) is 4.62. The third-order valence-corrected chi connectivity index (χ3v) is 4.62. The number of methoxy groups -OCH3 is 1. The number of benzene rings is 1. The van der Waals surface area contributed by atoms with Crippen molar-refractivity contribution < 1.29 is 27.4 Å². The number of morpholine rings is 1. The highest BCUT2D eigenvalue weighted by atomic mass is 19.3. The zero-order valence-corrected chi connectivity index (χ0v) is 17.0. The molecule has 0 atom stereocenters. The maximum atomic E-state index is 14.4. The number of rotatable bonds is 7. The Kier molecular flexibility index (Phi) is 6.50. The molecule has 168 valence electrons. The summed E-state index contributed by atoms with van der Waals surface area (Å²) in [7, 11) is 1.42. The standard InChI is InChI=1S/C20H19F3N6O3/c1-30-18-14(12-2-4-13(5-3-12)32-19(22)23)10-16(27-28-18)25-17-15(21)11-24-20(26-17)29-6-8-31-9-7-29/h2-5,10-11,19H,6-9H2,1H3,(H,24,25,26,27). The van der Waals surface area contributed by atoms with Gasteiger partial charge in [-0.25, -0.2) is 9.37 Å². The van der Waals surface area contributed by atoms with Gasteiger partial charge in [0.1, 0.15) is 5.75 Å². The zero-order valence-electron chi connectivity index (χ0n) is 17.0. The van der Waals surface area contributed by atoms with Gasteiger partial charge in [0.15, 0.2) is 17.5 Å².